The molecule has 0 fully saturated rings. The van der Waals surface area contributed by atoms with Gasteiger partial charge in [-0.1, -0.05) is 6.07 Å². The smallest absolute Gasteiger partial charge is 0.251 e. The minimum atomic E-state index is -0.125. The number of amides is 1. The second kappa shape index (κ2) is 5.44. The fourth-order valence-electron chi connectivity index (χ4n) is 1.92. The van der Waals surface area contributed by atoms with Gasteiger partial charge in [0.05, 0.1) is 5.52 Å². The van der Waals surface area contributed by atoms with Gasteiger partial charge < -0.3 is 5.32 Å². The fraction of sp³-hybridized carbons (Fsp3) is 0.0667. The van der Waals surface area contributed by atoms with Gasteiger partial charge in [-0.15, -0.1) is 0 Å². The summed E-state index contributed by atoms with van der Waals surface area (Å²) in [7, 11) is 0. The van der Waals surface area contributed by atoms with E-state index >= 15 is 0 Å². The molecular weight excluding hydrogens is 252 g/mol. The predicted molar refractivity (Wildman–Crippen MR) is 74.9 cm³/mol. The van der Waals surface area contributed by atoms with E-state index in [0.717, 1.165) is 16.5 Å². The maximum absolute atomic E-state index is 12.1. The Balaban J connectivity index is 1.75. The zero-order valence-corrected chi connectivity index (χ0v) is 10.7. The van der Waals surface area contributed by atoms with Crippen LogP contribution in [0.4, 0.5) is 0 Å². The third-order valence-electron chi connectivity index (χ3n) is 2.93. The Morgan fingerprint density at radius 1 is 1.15 bits per heavy atom. The molecule has 0 aliphatic rings. The van der Waals surface area contributed by atoms with Crippen molar-refractivity contribution in [3.05, 3.63) is 66.4 Å². The first-order chi connectivity index (χ1) is 9.83. The number of aromatic nitrogens is 3. The van der Waals surface area contributed by atoms with Gasteiger partial charge >= 0.3 is 0 Å². The van der Waals surface area contributed by atoms with Crippen LogP contribution >= 0.6 is 0 Å². The van der Waals surface area contributed by atoms with Crippen LogP contribution in [0, 0.1) is 0 Å². The van der Waals surface area contributed by atoms with Crippen molar-refractivity contribution < 1.29 is 4.79 Å². The number of fused-ring (bicyclic) bond motifs is 1. The zero-order valence-electron chi connectivity index (χ0n) is 10.7. The molecule has 0 saturated carbocycles. The maximum atomic E-state index is 12.1. The van der Waals surface area contributed by atoms with Crippen LogP contribution in [0.25, 0.3) is 10.9 Å². The Morgan fingerprint density at radius 3 is 2.85 bits per heavy atom. The standard InChI is InChI=1S/C15H12N4O/c20-15(19-9-11-7-16-10-17-8-11)13-3-4-14-12(6-13)2-1-5-18-14/h1-8,10H,9H2,(H,19,20). The van der Waals surface area contributed by atoms with Gasteiger partial charge in [-0.2, -0.15) is 0 Å². The van der Waals surface area contributed by atoms with Gasteiger partial charge in [0.15, 0.2) is 0 Å². The average Bonchev–Trinajstić information content (AvgIpc) is 2.53. The molecule has 5 nitrogen and oxygen atoms in total. The largest absolute Gasteiger partial charge is 0.348 e. The number of benzene rings is 1. The normalized spacial score (nSPS) is 10.4. The molecule has 0 aliphatic heterocycles. The van der Waals surface area contributed by atoms with Crippen LogP contribution in [-0.2, 0) is 6.54 Å². The van der Waals surface area contributed by atoms with Gasteiger partial charge in [-0.3, -0.25) is 9.78 Å². The van der Waals surface area contributed by atoms with Crippen LogP contribution < -0.4 is 5.32 Å². The highest BCUT2D eigenvalue weighted by molar-refractivity contribution is 5.97. The van der Waals surface area contributed by atoms with Crippen LogP contribution in [0.1, 0.15) is 15.9 Å². The SMILES string of the molecule is O=C(NCc1cncnc1)c1ccc2ncccc2c1. The van der Waals surface area contributed by atoms with Crippen molar-refractivity contribution in [2.75, 3.05) is 0 Å². The molecule has 0 saturated heterocycles. The van der Waals surface area contributed by atoms with E-state index in [0.29, 0.717) is 12.1 Å². The third kappa shape index (κ3) is 2.61. The van der Waals surface area contributed by atoms with Crippen LogP contribution in [0.3, 0.4) is 0 Å². The van der Waals surface area contributed by atoms with Crippen molar-refractivity contribution in [3.8, 4) is 0 Å². The zero-order chi connectivity index (χ0) is 13.8. The first kappa shape index (κ1) is 12.2. The molecular formula is C15H12N4O. The Morgan fingerprint density at radius 2 is 2.00 bits per heavy atom. The lowest BCUT2D eigenvalue weighted by Crippen LogP contribution is -2.22. The van der Waals surface area contributed by atoms with Gasteiger partial charge in [0.1, 0.15) is 6.33 Å². The molecule has 20 heavy (non-hydrogen) atoms. The molecule has 0 bridgehead atoms. The number of carbonyl (C=O) groups excluding carboxylic acids is 1. The van der Waals surface area contributed by atoms with Crippen LogP contribution in [0.5, 0.6) is 0 Å². The number of pyridine rings is 1. The summed E-state index contributed by atoms with van der Waals surface area (Å²) in [6.07, 6.45) is 6.55. The molecule has 0 radical (unpaired) electrons. The second-order valence-corrected chi connectivity index (χ2v) is 4.34. The minimum Gasteiger partial charge on any atom is -0.348 e. The van der Waals surface area contributed by atoms with E-state index in [-0.39, 0.29) is 5.91 Å². The highest BCUT2D eigenvalue weighted by Gasteiger charge is 2.06. The highest BCUT2D eigenvalue weighted by Crippen LogP contribution is 2.13. The van der Waals surface area contributed by atoms with E-state index in [2.05, 4.69) is 20.3 Å². The molecule has 2 aromatic heterocycles. The lowest BCUT2D eigenvalue weighted by Gasteiger charge is -2.05. The summed E-state index contributed by atoms with van der Waals surface area (Å²) in [4.78, 5) is 24.1. The first-order valence-electron chi connectivity index (χ1n) is 6.20. The molecule has 1 aromatic carbocycles. The van der Waals surface area contributed by atoms with Crippen LogP contribution in [0.15, 0.2) is 55.2 Å². The van der Waals surface area contributed by atoms with E-state index < -0.39 is 0 Å². The third-order valence-corrected chi connectivity index (χ3v) is 2.93. The average molecular weight is 264 g/mol. The molecule has 0 atom stereocenters. The summed E-state index contributed by atoms with van der Waals surface area (Å²) in [6, 6.07) is 9.23. The Kier molecular flexibility index (Phi) is 3.33. The van der Waals surface area contributed by atoms with Gasteiger partial charge in [-0.05, 0) is 24.3 Å². The number of hydrogen-bond acceptors (Lipinski definition) is 4. The summed E-state index contributed by atoms with van der Waals surface area (Å²) in [5.74, 6) is -0.125. The number of hydrogen-bond donors (Lipinski definition) is 1. The predicted octanol–water partition coefficient (Wildman–Crippen LogP) is 1.95. The maximum Gasteiger partial charge on any atom is 0.251 e. The molecule has 3 aromatic rings. The summed E-state index contributed by atoms with van der Waals surface area (Å²) in [5, 5.41) is 3.79. The van der Waals surface area contributed by atoms with Gasteiger partial charge in [-0.25, -0.2) is 9.97 Å². The monoisotopic (exact) mass is 264 g/mol. The van der Waals surface area contributed by atoms with Gasteiger partial charge in [0, 0.05) is 41.6 Å². The Labute approximate surface area is 115 Å². The van der Waals surface area contributed by atoms with E-state index in [9.17, 15) is 4.79 Å². The van der Waals surface area contributed by atoms with Crippen molar-refractivity contribution in [2.24, 2.45) is 0 Å². The first-order valence-corrected chi connectivity index (χ1v) is 6.20. The molecule has 0 aliphatic carbocycles. The molecule has 2 heterocycles. The summed E-state index contributed by atoms with van der Waals surface area (Å²) in [6.45, 7) is 0.407. The number of rotatable bonds is 3. The van der Waals surface area contributed by atoms with E-state index in [1.807, 2.05) is 24.3 Å². The highest BCUT2D eigenvalue weighted by atomic mass is 16.1. The number of nitrogens with zero attached hydrogens (tertiary/aromatic N) is 3. The Bertz CT molecular complexity index is 743. The summed E-state index contributed by atoms with van der Waals surface area (Å²) in [5.41, 5.74) is 2.35. The molecule has 0 unspecified atom stereocenters. The molecule has 5 heteroatoms. The molecule has 0 spiro atoms. The second-order valence-electron chi connectivity index (χ2n) is 4.34. The van der Waals surface area contributed by atoms with Crippen molar-refractivity contribution in [1.29, 1.82) is 0 Å². The topological polar surface area (TPSA) is 67.8 Å². The van der Waals surface area contributed by atoms with Crippen molar-refractivity contribution >= 4 is 16.8 Å². The van der Waals surface area contributed by atoms with Crippen molar-refractivity contribution in [1.82, 2.24) is 20.3 Å². The minimum absolute atomic E-state index is 0.125. The van der Waals surface area contributed by atoms with E-state index in [1.54, 1.807) is 24.7 Å². The quantitative estimate of drug-likeness (QED) is 0.785. The molecule has 98 valence electrons. The molecule has 3 rings (SSSR count). The summed E-state index contributed by atoms with van der Waals surface area (Å²) >= 11 is 0. The van der Waals surface area contributed by atoms with Gasteiger partial charge in [0.2, 0.25) is 0 Å². The van der Waals surface area contributed by atoms with Gasteiger partial charge in [0.25, 0.3) is 5.91 Å². The van der Waals surface area contributed by atoms with Crippen molar-refractivity contribution in [3.63, 3.8) is 0 Å². The summed E-state index contributed by atoms with van der Waals surface area (Å²) < 4.78 is 0. The van der Waals surface area contributed by atoms with E-state index in [1.165, 1.54) is 6.33 Å². The van der Waals surface area contributed by atoms with Crippen LogP contribution in [0.2, 0.25) is 0 Å². The lowest BCUT2D eigenvalue weighted by molar-refractivity contribution is 0.0951. The van der Waals surface area contributed by atoms with Crippen LogP contribution in [-0.4, -0.2) is 20.9 Å². The lowest BCUT2D eigenvalue weighted by atomic mass is 10.1. The molecule has 1 amide bonds. The van der Waals surface area contributed by atoms with Crippen molar-refractivity contribution in [2.45, 2.75) is 6.54 Å². The van der Waals surface area contributed by atoms with E-state index in [4.69, 9.17) is 0 Å². The Hall–Kier alpha value is -2.82. The fourth-order valence-corrected chi connectivity index (χ4v) is 1.92. The molecule has 1 N–H and O–H groups in total. The number of nitrogens with one attached hydrogen (secondary N) is 1. The number of carbonyl (C=O) groups is 1.